The van der Waals surface area contributed by atoms with Gasteiger partial charge in [0.1, 0.15) is 12.7 Å². The Bertz CT molecular complexity index is 429. The van der Waals surface area contributed by atoms with E-state index in [1.807, 2.05) is 0 Å². The Morgan fingerprint density at radius 2 is 2.36 bits per heavy atom. The zero-order chi connectivity index (χ0) is 9.97. The Kier molecular flexibility index (Phi) is 2.55. The lowest BCUT2D eigenvalue weighted by atomic mass is 10.3. The minimum absolute atomic E-state index is 0.0246. The van der Waals surface area contributed by atoms with Gasteiger partial charge in [-0.3, -0.25) is 0 Å². The van der Waals surface area contributed by atoms with Crippen LogP contribution in [0.25, 0.3) is 5.82 Å². The number of rotatable bonds is 2. The summed E-state index contributed by atoms with van der Waals surface area (Å²) in [6.07, 6.45) is 4.60. The summed E-state index contributed by atoms with van der Waals surface area (Å²) in [5.74, 6) is 0.653. The monoisotopic (exact) mass is 254 g/mol. The lowest BCUT2D eigenvalue weighted by Crippen LogP contribution is -2.00. The van der Waals surface area contributed by atoms with Crippen LogP contribution in [0.3, 0.4) is 0 Å². The van der Waals surface area contributed by atoms with E-state index in [1.54, 1.807) is 23.3 Å². The minimum Gasteiger partial charge on any atom is -0.392 e. The number of aromatic nitrogens is 4. The molecule has 0 spiro atoms. The van der Waals surface area contributed by atoms with Crippen molar-refractivity contribution in [2.45, 2.75) is 6.61 Å². The van der Waals surface area contributed by atoms with E-state index in [0.29, 0.717) is 5.82 Å². The normalized spacial score (nSPS) is 10.4. The summed E-state index contributed by atoms with van der Waals surface area (Å²) < 4.78 is 2.32. The zero-order valence-electron chi connectivity index (χ0n) is 7.13. The van der Waals surface area contributed by atoms with Crippen LogP contribution in [0.2, 0.25) is 0 Å². The predicted molar refractivity (Wildman–Crippen MR) is 52.8 cm³/mol. The van der Waals surface area contributed by atoms with E-state index >= 15 is 0 Å². The lowest BCUT2D eigenvalue weighted by Gasteiger charge is -2.03. The molecule has 0 bridgehead atoms. The van der Waals surface area contributed by atoms with Crippen molar-refractivity contribution in [3.63, 3.8) is 0 Å². The van der Waals surface area contributed by atoms with Crippen molar-refractivity contribution in [3.8, 4) is 5.82 Å². The highest BCUT2D eigenvalue weighted by Crippen LogP contribution is 2.18. The van der Waals surface area contributed by atoms with Crippen molar-refractivity contribution in [1.82, 2.24) is 19.7 Å². The Balaban J connectivity index is 2.46. The SMILES string of the molecule is OCc1cnc(-n2cncn2)c(Br)c1. The van der Waals surface area contributed by atoms with Crippen LogP contribution in [-0.2, 0) is 6.61 Å². The molecule has 0 fully saturated rings. The summed E-state index contributed by atoms with van der Waals surface area (Å²) >= 11 is 3.35. The molecule has 1 N–H and O–H groups in total. The van der Waals surface area contributed by atoms with E-state index in [-0.39, 0.29) is 6.61 Å². The van der Waals surface area contributed by atoms with Crippen molar-refractivity contribution in [2.24, 2.45) is 0 Å². The molecule has 2 aromatic heterocycles. The maximum atomic E-state index is 8.89. The van der Waals surface area contributed by atoms with Gasteiger partial charge in [-0.1, -0.05) is 0 Å². The third-order valence-corrected chi connectivity index (χ3v) is 2.28. The maximum Gasteiger partial charge on any atom is 0.169 e. The molecule has 14 heavy (non-hydrogen) atoms. The maximum absolute atomic E-state index is 8.89. The average molecular weight is 255 g/mol. The van der Waals surface area contributed by atoms with Gasteiger partial charge in [0.2, 0.25) is 0 Å². The highest BCUT2D eigenvalue weighted by molar-refractivity contribution is 9.10. The number of aliphatic hydroxyl groups excluding tert-OH is 1. The number of pyridine rings is 1. The van der Waals surface area contributed by atoms with Crippen LogP contribution in [0.5, 0.6) is 0 Å². The van der Waals surface area contributed by atoms with E-state index in [0.717, 1.165) is 10.0 Å². The first-order valence-corrected chi connectivity index (χ1v) is 4.71. The molecule has 72 valence electrons. The van der Waals surface area contributed by atoms with Crippen molar-refractivity contribution < 1.29 is 5.11 Å². The molecule has 2 aromatic rings. The topological polar surface area (TPSA) is 63.8 Å². The Morgan fingerprint density at radius 3 is 2.93 bits per heavy atom. The van der Waals surface area contributed by atoms with Gasteiger partial charge >= 0.3 is 0 Å². The van der Waals surface area contributed by atoms with Gasteiger partial charge in [-0.25, -0.2) is 14.6 Å². The fourth-order valence-electron chi connectivity index (χ4n) is 1.04. The van der Waals surface area contributed by atoms with E-state index in [4.69, 9.17) is 5.11 Å². The molecule has 0 saturated heterocycles. The number of nitrogens with zero attached hydrogens (tertiary/aromatic N) is 4. The second-order valence-corrected chi connectivity index (χ2v) is 3.50. The van der Waals surface area contributed by atoms with Crippen LogP contribution < -0.4 is 0 Å². The van der Waals surface area contributed by atoms with E-state index < -0.39 is 0 Å². The first-order chi connectivity index (χ1) is 6.81. The quantitative estimate of drug-likeness (QED) is 0.866. The van der Waals surface area contributed by atoms with Crippen molar-refractivity contribution in [2.75, 3.05) is 0 Å². The van der Waals surface area contributed by atoms with E-state index in [2.05, 4.69) is 31.0 Å². The van der Waals surface area contributed by atoms with E-state index in [1.165, 1.54) is 6.33 Å². The smallest absolute Gasteiger partial charge is 0.169 e. The van der Waals surface area contributed by atoms with Gasteiger partial charge in [0.05, 0.1) is 11.1 Å². The molecule has 0 aliphatic rings. The van der Waals surface area contributed by atoms with Gasteiger partial charge < -0.3 is 5.11 Å². The summed E-state index contributed by atoms with van der Waals surface area (Å²) in [6.45, 7) is -0.0246. The third-order valence-electron chi connectivity index (χ3n) is 1.70. The van der Waals surface area contributed by atoms with Crippen LogP contribution in [0.4, 0.5) is 0 Å². The van der Waals surface area contributed by atoms with Crippen molar-refractivity contribution in [3.05, 3.63) is 35.0 Å². The van der Waals surface area contributed by atoms with E-state index in [9.17, 15) is 0 Å². The van der Waals surface area contributed by atoms with Crippen molar-refractivity contribution >= 4 is 15.9 Å². The largest absolute Gasteiger partial charge is 0.392 e. The Hall–Kier alpha value is -1.27. The number of aliphatic hydroxyl groups is 1. The summed E-state index contributed by atoms with van der Waals surface area (Å²) in [6, 6.07) is 1.80. The molecular formula is C8H7BrN4O. The predicted octanol–water partition coefficient (Wildman–Crippen LogP) is 0.917. The van der Waals surface area contributed by atoms with Gasteiger partial charge in [-0.15, -0.1) is 0 Å². The molecule has 6 heteroatoms. The molecule has 0 aromatic carbocycles. The van der Waals surface area contributed by atoms with Crippen LogP contribution in [0.15, 0.2) is 29.4 Å². The molecule has 0 atom stereocenters. The minimum atomic E-state index is -0.0246. The molecule has 0 radical (unpaired) electrons. The Morgan fingerprint density at radius 1 is 1.50 bits per heavy atom. The van der Waals surface area contributed by atoms with Crippen LogP contribution in [0.1, 0.15) is 5.56 Å². The number of halogens is 1. The van der Waals surface area contributed by atoms with Gasteiger partial charge in [-0.2, -0.15) is 5.10 Å². The molecular weight excluding hydrogens is 248 g/mol. The van der Waals surface area contributed by atoms with Gasteiger partial charge in [0, 0.05) is 6.20 Å². The highest BCUT2D eigenvalue weighted by atomic mass is 79.9. The summed E-state index contributed by atoms with van der Waals surface area (Å²) in [7, 11) is 0. The number of hydrogen-bond donors (Lipinski definition) is 1. The lowest BCUT2D eigenvalue weighted by molar-refractivity contribution is 0.281. The molecule has 2 rings (SSSR count). The van der Waals surface area contributed by atoms with Gasteiger partial charge in [-0.05, 0) is 27.6 Å². The molecule has 0 saturated carbocycles. The summed E-state index contributed by atoms with van der Waals surface area (Å²) in [4.78, 5) is 7.97. The van der Waals surface area contributed by atoms with Crippen LogP contribution >= 0.6 is 15.9 Å². The average Bonchev–Trinajstić information content (AvgIpc) is 2.70. The van der Waals surface area contributed by atoms with Gasteiger partial charge in [0.25, 0.3) is 0 Å². The first-order valence-electron chi connectivity index (χ1n) is 3.91. The Labute approximate surface area is 88.6 Å². The fourth-order valence-corrected chi connectivity index (χ4v) is 1.62. The van der Waals surface area contributed by atoms with Crippen molar-refractivity contribution in [1.29, 1.82) is 0 Å². The third kappa shape index (κ3) is 1.66. The highest BCUT2D eigenvalue weighted by Gasteiger charge is 2.05. The van der Waals surface area contributed by atoms with Crippen LogP contribution in [-0.4, -0.2) is 24.9 Å². The molecule has 0 amide bonds. The first kappa shape index (κ1) is 9.29. The molecule has 0 aliphatic carbocycles. The molecule has 5 nitrogen and oxygen atoms in total. The molecule has 2 heterocycles. The second kappa shape index (κ2) is 3.85. The van der Waals surface area contributed by atoms with Gasteiger partial charge in [0.15, 0.2) is 5.82 Å². The zero-order valence-corrected chi connectivity index (χ0v) is 8.72. The van der Waals surface area contributed by atoms with Crippen LogP contribution in [0, 0.1) is 0 Å². The molecule has 0 aliphatic heterocycles. The number of hydrogen-bond acceptors (Lipinski definition) is 4. The fraction of sp³-hybridized carbons (Fsp3) is 0.125. The standard InChI is InChI=1S/C8H7BrN4O/c9-7-1-6(3-14)2-11-8(7)13-5-10-4-12-13/h1-2,4-5,14H,3H2. The summed E-state index contributed by atoms with van der Waals surface area (Å²) in [5, 5.41) is 12.8. The summed E-state index contributed by atoms with van der Waals surface area (Å²) in [5.41, 5.74) is 0.751. The second-order valence-electron chi connectivity index (χ2n) is 2.65. The molecule has 0 unspecified atom stereocenters.